The SMILES string of the molecule is CCc1ccc(CCCC(=O)Cl)cc1. The molecule has 0 aromatic heterocycles. The number of aryl methyl sites for hydroxylation is 2. The largest absolute Gasteiger partial charge is 0.281 e. The van der Waals surface area contributed by atoms with Crippen molar-refractivity contribution in [2.24, 2.45) is 0 Å². The van der Waals surface area contributed by atoms with Gasteiger partial charge in [0.05, 0.1) is 0 Å². The van der Waals surface area contributed by atoms with E-state index >= 15 is 0 Å². The van der Waals surface area contributed by atoms with Crippen molar-refractivity contribution in [1.82, 2.24) is 0 Å². The highest BCUT2D eigenvalue weighted by Crippen LogP contribution is 2.09. The molecule has 0 spiro atoms. The Morgan fingerprint density at radius 2 is 1.79 bits per heavy atom. The molecule has 0 atom stereocenters. The molecule has 0 unspecified atom stereocenters. The first-order valence-electron chi connectivity index (χ1n) is 4.98. The van der Waals surface area contributed by atoms with Gasteiger partial charge < -0.3 is 0 Å². The summed E-state index contributed by atoms with van der Waals surface area (Å²) >= 11 is 5.25. The van der Waals surface area contributed by atoms with Crippen LogP contribution in [0, 0.1) is 0 Å². The normalized spacial score (nSPS) is 10.1. The minimum Gasteiger partial charge on any atom is -0.281 e. The average molecular weight is 211 g/mol. The minimum atomic E-state index is -0.241. The predicted octanol–water partition coefficient (Wildman–Crippen LogP) is 3.34. The molecule has 0 saturated heterocycles. The van der Waals surface area contributed by atoms with Crippen molar-refractivity contribution in [2.75, 3.05) is 0 Å². The molecule has 1 aromatic rings. The third kappa shape index (κ3) is 3.93. The molecule has 1 nitrogen and oxygen atoms in total. The zero-order chi connectivity index (χ0) is 10.4. The number of hydrogen-bond donors (Lipinski definition) is 0. The first kappa shape index (κ1) is 11.3. The summed E-state index contributed by atoms with van der Waals surface area (Å²) in [6, 6.07) is 8.52. The summed E-state index contributed by atoms with van der Waals surface area (Å²) in [5.41, 5.74) is 2.63. The van der Waals surface area contributed by atoms with Gasteiger partial charge in [-0.3, -0.25) is 4.79 Å². The topological polar surface area (TPSA) is 17.1 Å². The lowest BCUT2D eigenvalue weighted by Crippen LogP contribution is -1.90. The molecule has 0 amide bonds. The molecule has 0 aliphatic rings. The van der Waals surface area contributed by atoms with Crippen LogP contribution >= 0.6 is 11.6 Å². The van der Waals surface area contributed by atoms with Crippen LogP contribution in [0.5, 0.6) is 0 Å². The summed E-state index contributed by atoms with van der Waals surface area (Å²) in [5.74, 6) is 0. The Bertz CT molecular complexity index is 290. The summed E-state index contributed by atoms with van der Waals surface area (Å²) in [6.45, 7) is 2.14. The highest BCUT2D eigenvalue weighted by molar-refractivity contribution is 6.63. The molecule has 0 fully saturated rings. The molecule has 0 bridgehead atoms. The first-order valence-corrected chi connectivity index (χ1v) is 5.36. The highest BCUT2D eigenvalue weighted by atomic mass is 35.5. The smallest absolute Gasteiger partial charge is 0.221 e. The van der Waals surface area contributed by atoms with Crippen molar-refractivity contribution in [3.8, 4) is 0 Å². The van der Waals surface area contributed by atoms with Crippen molar-refractivity contribution in [3.05, 3.63) is 35.4 Å². The Morgan fingerprint density at radius 1 is 1.21 bits per heavy atom. The lowest BCUT2D eigenvalue weighted by atomic mass is 10.1. The molecule has 0 saturated carbocycles. The summed E-state index contributed by atoms with van der Waals surface area (Å²) in [4.78, 5) is 10.5. The van der Waals surface area contributed by atoms with Gasteiger partial charge in [0.15, 0.2) is 0 Å². The number of benzene rings is 1. The number of carbonyl (C=O) groups is 1. The molecule has 0 N–H and O–H groups in total. The van der Waals surface area contributed by atoms with E-state index < -0.39 is 0 Å². The molecule has 1 rings (SSSR count). The summed E-state index contributed by atoms with van der Waals surface area (Å²) in [7, 11) is 0. The van der Waals surface area contributed by atoms with Crippen LogP contribution in [-0.4, -0.2) is 5.24 Å². The van der Waals surface area contributed by atoms with Gasteiger partial charge in [-0.15, -0.1) is 0 Å². The Hall–Kier alpha value is -0.820. The molecule has 2 heteroatoms. The van der Waals surface area contributed by atoms with Gasteiger partial charge in [0, 0.05) is 6.42 Å². The lowest BCUT2D eigenvalue weighted by molar-refractivity contribution is -0.111. The molecule has 0 heterocycles. The van der Waals surface area contributed by atoms with Crippen LogP contribution in [0.1, 0.15) is 30.9 Å². The second-order valence-electron chi connectivity index (χ2n) is 3.38. The Morgan fingerprint density at radius 3 is 2.29 bits per heavy atom. The predicted molar refractivity (Wildman–Crippen MR) is 59.6 cm³/mol. The van der Waals surface area contributed by atoms with Gasteiger partial charge in [-0.05, 0) is 42.0 Å². The van der Waals surface area contributed by atoms with Gasteiger partial charge in [0.25, 0.3) is 0 Å². The number of hydrogen-bond acceptors (Lipinski definition) is 1. The van der Waals surface area contributed by atoms with Gasteiger partial charge >= 0.3 is 0 Å². The molecule has 76 valence electrons. The van der Waals surface area contributed by atoms with Crippen molar-refractivity contribution in [3.63, 3.8) is 0 Å². The van der Waals surface area contributed by atoms with Crippen LogP contribution in [0.4, 0.5) is 0 Å². The van der Waals surface area contributed by atoms with Crippen molar-refractivity contribution < 1.29 is 4.79 Å². The molecule has 0 aliphatic heterocycles. The van der Waals surface area contributed by atoms with E-state index in [1.165, 1.54) is 11.1 Å². The van der Waals surface area contributed by atoms with Crippen molar-refractivity contribution >= 4 is 16.8 Å². The average Bonchev–Trinajstić information content (AvgIpc) is 2.18. The molecule has 14 heavy (non-hydrogen) atoms. The van der Waals surface area contributed by atoms with E-state index in [4.69, 9.17) is 11.6 Å². The second kappa shape index (κ2) is 5.82. The Labute approximate surface area is 90.1 Å². The van der Waals surface area contributed by atoms with Crippen LogP contribution in [0.15, 0.2) is 24.3 Å². The Kier molecular flexibility index (Phi) is 4.68. The van der Waals surface area contributed by atoms with Crippen LogP contribution in [-0.2, 0) is 17.6 Å². The molecule has 0 radical (unpaired) electrons. The maximum Gasteiger partial charge on any atom is 0.221 e. The third-order valence-corrected chi connectivity index (χ3v) is 2.46. The third-order valence-electron chi connectivity index (χ3n) is 2.27. The summed E-state index contributed by atoms with van der Waals surface area (Å²) in [6.07, 6.45) is 3.31. The molecular formula is C12H15ClO. The van der Waals surface area contributed by atoms with Crippen molar-refractivity contribution in [2.45, 2.75) is 32.6 Å². The van der Waals surface area contributed by atoms with E-state index in [1.807, 2.05) is 0 Å². The summed E-state index contributed by atoms with van der Waals surface area (Å²) in [5, 5.41) is -0.241. The van der Waals surface area contributed by atoms with E-state index in [0.29, 0.717) is 6.42 Å². The van der Waals surface area contributed by atoms with E-state index in [0.717, 1.165) is 19.3 Å². The quantitative estimate of drug-likeness (QED) is 0.682. The first-order chi connectivity index (χ1) is 6.72. The van der Waals surface area contributed by atoms with Crippen LogP contribution in [0.25, 0.3) is 0 Å². The zero-order valence-corrected chi connectivity index (χ0v) is 9.18. The number of rotatable bonds is 5. The molecule has 0 aliphatic carbocycles. The number of carbonyl (C=O) groups excluding carboxylic acids is 1. The Balaban J connectivity index is 2.40. The van der Waals surface area contributed by atoms with E-state index in [1.54, 1.807) is 0 Å². The minimum absolute atomic E-state index is 0.241. The van der Waals surface area contributed by atoms with Crippen molar-refractivity contribution in [1.29, 1.82) is 0 Å². The van der Waals surface area contributed by atoms with E-state index in [-0.39, 0.29) is 5.24 Å². The molecular weight excluding hydrogens is 196 g/mol. The number of halogens is 1. The van der Waals surface area contributed by atoms with Crippen LogP contribution in [0.3, 0.4) is 0 Å². The fourth-order valence-electron chi connectivity index (χ4n) is 1.37. The monoisotopic (exact) mass is 210 g/mol. The maximum atomic E-state index is 10.5. The maximum absolute atomic E-state index is 10.5. The zero-order valence-electron chi connectivity index (χ0n) is 8.42. The highest BCUT2D eigenvalue weighted by Gasteiger charge is 1.97. The summed E-state index contributed by atoms with van der Waals surface area (Å²) < 4.78 is 0. The van der Waals surface area contributed by atoms with E-state index in [2.05, 4.69) is 31.2 Å². The van der Waals surface area contributed by atoms with Gasteiger partial charge in [-0.25, -0.2) is 0 Å². The van der Waals surface area contributed by atoms with E-state index in [9.17, 15) is 4.79 Å². The fourth-order valence-corrected chi connectivity index (χ4v) is 1.51. The standard InChI is InChI=1S/C12H15ClO/c1-2-10-6-8-11(9-7-10)4-3-5-12(13)14/h6-9H,2-5H2,1H3. The van der Waals surface area contributed by atoms with Crippen LogP contribution < -0.4 is 0 Å². The molecule has 1 aromatic carbocycles. The van der Waals surface area contributed by atoms with Gasteiger partial charge in [-0.2, -0.15) is 0 Å². The van der Waals surface area contributed by atoms with Gasteiger partial charge in [0.1, 0.15) is 0 Å². The van der Waals surface area contributed by atoms with Crippen LogP contribution in [0.2, 0.25) is 0 Å². The lowest BCUT2D eigenvalue weighted by Gasteiger charge is -2.01. The fraction of sp³-hybridized carbons (Fsp3) is 0.417. The second-order valence-corrected chi connectivity index (χ2v) is 3.80. The van der Waals surface area contributed by atoms with Gasteiger partial charge in [-0.1, -0.05) is 31.2 Å². The van der Waals surface area contributed by atoms with Gasteiger partial charge in [0.2, 0.25) is 5.24 Å².